The van der Waals surface area contributed by atoms with E-state index in [4.69, 9.17) is 16.2 Å². The Balaban J connectivity index is 3.03. The van der Waals surface area contributed by atoms with E-state index in [1.165, 1.54) is 16.7 Å². The van der Waals surface area contributed by atoms with Crippen LogP contribution < -0.4 is 16.2 Å². The van der Waals surface area contributed by atoms with Crippen LogP contribution in [0.1, 0.15) is 36.1 Å². The number of hydrogen-bond donors (Lipinski definition) is 2. The smallest absolute Gasteiger partial charge is 0.122 e. The molecule has 0 fully saturated rings. The highest BCUT2D eigenvalue weighted by Crippen LogP contribution is 2.30. The van der Waals surface area contributed by atoms with Gasteiger partial charge in [0.05, 0.1) is 7.11 Å². The second kappa shape index (κ2) is 6.03. The molecule has 0 saturated heterocycles. The molecule has 2 atom stereocenters. The third-order valence-electron chi connectivity index (χ3n) is 3.59. The first kappa shape index (κ1) is 14.0. The zero-order valence-corrected chi connectivity index (χ0v) is 11.3. The summed E-state index contributed by atoms with van der Waals surface area (Å²) in [6, 6.07) is 4.11. The van der Waals surface area contributed by atoms with Gasteiger partial charge in [-0.15, -0.1) is 0 Å². The Morgan fingerprint density at radius 2 is 1.88 bits per heavy atom. The highest BCUT2D eigenvalue weighted by atomic mass is 16.5. The normalized spacial score (nSPS) is 14.5. The summed E-state index contributed by atoms with van der Waals surface area (Å²) in [7, 11) is 1.69. The molecule has 0 aromatic heterocycles. The van der Waals surface area contributed by atoms with Crippen molar-refractivity contribution in [1.29, 1.82) is 0 Å². The zero-order valence-electron chi connectivity index (χ0n) is 11.3. The summed E-state index contributed by atoms with van der Waals surface area (Å²) in [5, 5.41) is 0. The van der Waals surface area contributed by atoms with Gasteiger partial charge < -0.3 is 16.2 Å². The lowest BCUT2D eigenvalue weighted by Crippen LogP contribution is -2.22. The van der Waals surface area contributed by atoms with Crippen molar-refractivity contribution < 1.29 is 4.74 Å². The Kier molecular flexibility index (Phi) is 4.97. The van der Waals surface area contributed by atoms with Crippen LogP contribution in [0.25, 0.3) is 0 Å². The van der Waals surface area contributed by atoms with Crippen LogP contribution in [0, 0.1) is 19.8 Å². The number of methoxy groups -OCH3 is 1. The number of ether oxygens (including phenoxy) is 1. The first-order chi connectivity index (χ1) is 8.02. The second-order valence-electron chi connectivity index (χ2n) is 4.69. The Morgan fingerprint density at radius 1 is 1.24 bits per heavy atom. The topological polar surface area (TPSA) is 61.3 Å². The Hall–Kier alpha value is -1.06. The standard InChI is InChI=1S/C14H24N2O/c1-9(7-8-15)14(16)12-5-6-13(17-4)11(3)10(12)2/h5-6,9,14H,7-8,15-16H2,1-4H3. The first-order valence-electron chi connectivity index (χ1n) is 6.12. The molecule has 1 aromatic carbocycles. The molecule has 0 saturated carbocycles. The SMILES string of the molecule is COc1ccc(C(N)C(C)CCN)c(C)c1C. The van der Waals surface area contributed by atoms with Gasteiger partial charge >= 0.3 is 0 Å². The molecule has 0 spiro atoms. The van der Waals surface area contributed by atoms with Crippen LogP contribution >= 0.6 is 0 Å². The molecule has 0 amide bonds. The molecule has 0 radical (unpaired) electrons. The third-order valence-corrected chi connectivity index (χ3v) is 3.59. The molecule has 0 aliphatic carbocycles. The van der Waals surface area contributed by atoms with E-state index in [0.29, 0.717) is 12.5 Å². The van der Waals surface area contributed by atoms with E-state index in [-0.39, 0.29) is 6.04 Å². The summed E-state index contributed by atoms with van der Waals surface area (Å²) in [5.74, 6) is 1.32. The van der Waals surface area contributed by atoms with E-state index in [1.807, 2.05) is 6.07 Å². The van der Waals surface area contributed by atoms with Crippen molar-refractivity contribution in [2.75, 3.05) is 13.7 Å². The molecule has 0 heterocycles. The predicted molar refractivity (Wildman–Crippen MR) is 72.2 cm³/mol. The molecule has 0 bridgehead atoms. The number of hydrogen-bond acceptors (Lipinski definition) is 3. The van der Waals surface area contributed by atoms with Crippen LogP contribution in [0.5, 0.6) is 5.75 Å². The quantitative estimate of drug-likeness (QED) is 0.824. The van der Waals surface area contributed by atoms with Crippen molar-refractivity contribution >= 4 is 0 Å². The van der Waals surface area contributed by atoms with Gasteiger partial charge in [0.1, 0.15) is 5.75 Å². The second-order valence-corrected chi connectivity index (χ2v) is 4.69. The predicted octanol–water partition coefficient (Wildman–Crippen LogP) is 2.30. The minimum Gasteiger partial charge on any atom is -0.496 e. The summed E-state index contributed by atoms with van der Waals surface area (Å²) in [5.41, 5.74) is 15.5. The Bertz CT molecular complexity index is 377. The van der Waals surface area contributed by atoms with Crippen LogP contribution in [-0.4, -0.2) is 13.7 Å². The highest BCUT2D eigenvalue weighted by molar-refractivity contribution is 5.44. The average molecular weight is 236 g/mol. The molecule has 3 nitrogen and oxygen atoms in total. The van der Waals surface area contributed by atoms with E-state index in [0.717, 1.165) is 12.2 Å². The molecule has 1 aromatic rings. The molecule has 2 unspecified atom stereocenters. The van der Waals surface area contributed by atoms with Crippen molar-refractivity contribution in [3.8, 4) is 5.75 Å². The lowest BCUT2D eigenvalue weighted by Gasteiger charge is -2.23. The van der Waals surface area contributed by atoms with E-state index < -0.39 is 0 Å². The highest BCUT2D eigenvalue weighted by Gasteiger charge is 2.18. The molecule has 4 N–H and O–H groups in total. The van der Waals surface area contributed by atoms with Gasteiger partial charge in [-0.1, -0.05) is 13.0 Å². The molecular formula is C14H24N2O. The maximum atomic E-state index is 6.29. The fourth-order valence-corrected chi connectivity index (χ4v) is 2.15. The van der Waals surface area contributed by atoms with E-state index in [1.54, 1.807) is 7.11 Å². The van der Waals surface area contributed by atoms with Gasteiger partial charge in [-0.25, -0.2) is 0 Å². The van der Waals surface area contributed by atoms with Crippen LogP contribution in [-0.2, 0) is 0 Å². The minimum absolute atomic E-state index is 0.0446. The molecule has 0 aliphatic heterocycles. The van der Waals surface area contributed by atoms with E-state index in [2.05, 4.69) is 26.8 Å². The van der Waals surface area contributed by atoms with Crippen LogP contribution in [0.4, 0.5) is 0 Å². The number of rotatable bonds is 5. The molecule has 96 valence electrons. The molecule has 17 heavy (non-hydrogen) atoms. The molecule has 1 rings (SSSR count). The van der Waals surface area contributed by atoms with Gasteiger partial charge in [-0.2, -0.15) is 0 Å². The summed E-state index contributed by atoms with van der Waals surface area (Å²) >= 11 is 0. The van der Waals surface area contributed by atoms with E-state index in [9.17, 15) is 0 Å². The fraction of sp³-hybridized carbons (Fsp3) is 0.571. The van der Waals surface area contributed by atoms with Gasteiger partial charge in [-0.05, 0) is 55.5 Å². The largest absolute Gasteiger partial charge is 0.496 e. The zero-order chi connectivity index (χ0) is 13.0. The van der Waals surface area contributed by atoms with Crippen molar-refractivity contribution in [3.63, 3.8) is 0 Å². The van der Waals surface area contributed by atoms with Crippen LogP contribution in [0.3, 0.4) is 0 Å². The molecule has 0 aliphatic rings. The lowest BCUT2D eigenvalue weighted by molar-refractivity contribution is 0.409. The Morgan fingerprint density at radius 3 is 2.41 bits per heavy atom. The molecule has 3 heteroatoms. The average Bonchev–Trinajstić information content (AvgIpc) is 2.32. The maximum absolute atomic E-state index is 6.29. The number of nitrogens with two attached hydrogens (primary N) is 2. The van der Waals surface area contributed by atoms with Gasteiger partial charge in [0.2, 0.25) is 0 Å². The monoisotopic (exact) mass is 236 g/mol. The fourth-order valence-electron chi connectivity index (χ4n) is 2.15. The van der Waals surface area contributed by atoms with Crippen molar-refractivity contribution in [2.45, 2.75) is 33.2 Å². The third kappa shape index (κ3) is 2.99. The molecular weight excluding hydrogens is 212 g/mol. The van der Waals surface area contributed by atoms with Gasteiger partial charge in [-0.3, -0.25) is 0 Å². The Labute approximate surface area is 104 Å². The summed E-state index contributed by atoms with van der Waals surface area (Å²) in [4.78, 5) is 0. The van der Waals surface area contributed by atoms with Crippen LogP contribution in [0.2, 0.25) is 0 Å². The van der Waals surface area contributed by atoms with Gasteiger partial charge in [0.15, 0.2) is 0 Å². The summed E-state index contributed by atoms with van der Waals surface area (Å²) in [6.07, 6.45) is 0.950. The van der Waals surface area contributed by atoms with Gasteiger partial charge in [0, 0.05) is 6.04 Å². The van der Waals surface area contributed by atoms with Crippen molar-refractivity contribution in [2.24, 2.45) is 17.4 Å². The summed E-state index contributed by atoms with van der Waals surface area (Å²) < 4.78 is 5.31. The van der Waals surface area contributed by atoms with Crippen LogP contribution in [0.15, 0.2) is 12.1 Å². The minimum atomic E-state index is 0.0446. The van der Waals surface area contributed by atoms with E-state index >= 15 is 0 Å². The summed E-state index contributed by atoms with van der Waals surface area (Å²) in [6.45, 7) is 7.00. The maximum Gasteiger partial charge on any atom is 0.122 e. The first-order valence-corrected chi connectivity index (χ1v) is 6.12. The lowest BCUT2D eigenvalue weighted by atomic mass is 9.88. The van der Waals surface area contributed by atoms with Crippen molar-refractivity contribution in [3.05, 3.63) is 28.8 Å². The van der Waals surface area contributed by atoms with Crippen molar-refractivity contribution in [1.82, 2.24) is 0 Å². The number of benzene rings is 1. The van der Waals surface area contributed by atoms with Gasteiger partial charge in [0.25, 0.3) is 0 Å².